The minimum absolute atomic E-state index is 0.341. The second kappa shape index (κ2) is 8.04. The van der Waals surface area contributed by atoms with E-state index < -0.39 is 0 Å². The molecular formula is C22H19N5O3. The molecule has 0 saturated carbocycles. The van der Waals surface area contributed by atoms with Gasteiger partial charge in [0.05, 0.1) is 30.9 Å². The topological polar surface area (TPSA) is 116 Å². The summed E-state index contributed by atoms with van der Waals surface area (Å²) in [6, 6.07) is 14.7. The molecular weight excluding hydrogens is 382 g/mol. The summed E-state index contributed by atoms with van der Waals surface area (Å²) in [4.78, 5) is 21.4. The number of amides is 1. The molecule has 0 aliphatic heterocycles. The number of hydrogen-bond donors (Lipinski definition) is 2. The van der Waals surface area contributed by atoms with E-state index in [2.05, 4.69) is 20.4 Å². The standard InChI is InChI=1S/C22H19N5O3/c1-13-20(21(27-30-13)14-6-4-3-5-7-14)22(28)26-16-9-8-15(10-18(16)29-2)17-11-25-19(23)12-24-17/h3-12H,1-2H3,(H2,23,25)(H,26,28). The first-order valence-corrected chi connectivity index (χ1v) is 9.16. The number of carbonyl (C=O) groups is 1. The third-order valence-corrected chi connectivity index (χ3v) is 4.55. The number of nitrogens with two attached hydrogens (primary N) is 1. The van der Waals surface area contributed by atoms with Gasteiger partial charge >= 0.3 is 0 Å². The van der Waals surface area contributed by atoms with Crippen LogP contribution < -0.4 is 15.8 Å². The van der Waals surface area contributed by atoms with Crippen molar-refractivity contribution in [2.45, 2.75) is 6.92 Å². The first kappa shape index (κ1) is 19.1. The van der Waals surface area contributed by atoms with Gasteiger partial charge in [-0.3, -0.25) is 9.78 Å². The molecule has 4 rings (SSSR count). The number of rotatable bonds is 5. The Morgan fingerprint density at radius 1 is 1.07 bits per heavy atom. The summed E-state index contributed by atoms with van der Waals surface area (Å²) in [6.07, 6.45) is 3.06. The van der Waals surface area contributed by atoms with E-state index in [0.29, 0.717) is 40.0 Å². The van der Waals surface area contributed by atoms with Crippen LogP contribution in [-0.2, 0) is 0 Å². The summed E-state index contributed by atoms with van der Waals surface area (Å²) in [6.45, 7) is 1.70. The zero-order chi connectivity index (χ0) is 21.1. The Labute approximate surface area is 172 Å². The molecule has 2 aromatic carbocycles. The average Bonchev–Trinajstić information content (AvgIpc) is 3.16. The average molecular weight is 401 g/mol. The lowest BCUT2D eigenvalue weighted by Gasteiger charge is -2.12. The largest absolute Gasteiger partial charge is 0.495 e. The van der Waals surface area contributed by atoms with E-state index >= 15 is 0 Å². The zero-order valence-corrected chi connectivity index (χ0v) is 16.4. The minimum atomic E-state index is -0.342. The number of aryl methyl sites for hydroxylation is 1. The number of ether oxygens (including phenoxy) is 1. The summed E-state index contributed by atoms with van der Waals surface area (Å²) >= 11 is 0. The third kappa shape index (κ3) is 3.70. The lowest BCUT2D eigenvalue weighted by Crippen LogP contribution is -2.14. The molecule has 30 heavy (non-hydrogen) atoms. The summed E-state index contributed by atoms with van der Waals surface area (Å²) in [7, 11) is 1.53. The van der Waals surface area contributed by atoms with Crippen molar-refractivity contribution in [2.24, 2.45) is 0 Å². The smallest absolute Gasteiger partial charge is 0.261 e. The molecule has 2 aromatic heterocycles. The van der Waals surface area contributed by atoms with Crippen LogP contribution in [0.2, 0.25) is 0 Å². The highest BCUT2D eigenvalue weighted by Gasteiger charge is 2.22. The molecule has 0 aliphatic rings. The van der Waals surface area contributed by atoms with Crippen molar-refractivity contribution in [2.75, 3.05) is 18.2 Å². The number of aromatic nitrogens is 3. The predicted molar refractivity (Wildman–Crippen MR) is 113 cm³/mol. The van der Waals surface area contributed by atoms with E-state index in [1.54, 1.807) is 25.3 Å². The fourth-order valence-electron chi connectivity index (χ4n) is 3.06. The highest BCUT2D eigenvalue weighted by molar-refractivity contribution is 6.09. The van der Waals surface area contributed by atoms with Gasteiger partial charge in [-0.25, -0.2) is 4.98 Å². The van der Waals surface area contributed by atoms with Gasteiger partial charge < -0.3 is 20.3 Å². The van der Waals surface area contributed by atoms with Crippen molar-refractivity contribution in [3.05, 3.63) is 72.2 Å². The van der Waals surface area contributed by atoms with Crippen LogP contribution in [0.5, 0.6) is 5.75 Å². The number of nitrogens with one attached hydrogen (secondary N) is 1. The predicted octanol–water partition coefficient (Wildman–Crippen LogP) is 3.95. The number of nitrogens with zero attached hydrogens (tertiary/aromatic N) is 3. The first-order chi connectivity index (χ1) is 14.6. The van der Waals surface area contributed by atoms with Gasteiger partial charge in [0.15, 0.2) is 0 Å². The molecule has 0 atom stereocenters. The van der Waals surface area contributed by atoms with E-state index in [-0.39, 0.29) is 5.91 Å². The third-order valence-electron chi connectivity index (χ3n) is 4.55. The summed E-state index contributed by atoms with van der Waals surface area (Å²) in [5.74, 6) is 0.910. The Balaban J connectivity index is 1.64. The van der Waals surface area contributed by atoms with Gasteiger partial charge in [-0.15, -0.1) is 0 Å². The molecule has 0 radical (unpaired) electrons. The first-order valence-electron chi connectivity index (χ1n) is 9.16. The normalized spacial score (nSPS) is 10.6. The van der Waals surface area contributed by atoms with Crippen molar-refractivity contribution in [1.82, 2.24) is 15.1 Å². The number of methoxy groups -OCH3 is 1. The SMILES string of the molecule is COc1cc(-c2cnc(N)cn2)ccc1NC(=O)c1c(-c2ccccc2)noc1C. The molecule has 8 heteroatoms. The Morgan fingerprint density at radius 3 is 2.57 bits per heavy atom. The summed E-state index contributed by atoms with van der Waals surface area (Å²) in [5.41, 5.74) is 9.18. The quantitative estimate of drug-likeness (QED) is 0.520. The molecule has 150 valence electrons. The number of anilines is 2. The Morgan fingerprint density at radius 2 is 1.87 bits per heavy atom. The van der Waals surface area contributed by atoms with Gasteiger partial charge in [0.2, 0.25) is 0 Å². The Bertz CT molecular complexity index is 1190. The van der Waals surface area contributed by atoms with Gasteiger partial charge in [0.25, 0.3) is 5.91 Å². The van der Waals surface area contributed by atoms with E-state index in [9.17, 15) is 4.79 Å². The maximum Gasteiger partial charge on any atom is 0.261 e. The lowest BCUT2D eigenvalue weighted by atomic mass is 10.1. The van der Waals surface area contributed by atoms with Crippen LogP contribution in [0.3, 0.4) is 0 Å². The van der Waals surface area contributed by atoms with Crippen molar-refractivity contribution in [3.8, 4) is 28.3 Å². The summed E-state index contributed by atoms with van der Waals surface area (Å²) < 4.78 is 10.8. The second-order valence-corrected chi connectivity index (χ2v) is 6.52. The Hall–Kier alpha value is -4.20. The maximum absolute atomic E-state index is 13.0. The molecule has 0 fully saturated rings. The molecule has 0 bridgehead atoms. The molecule has 1 amide bonds. The summed E-state index contributed by atoms with van der Waals surface area (Å²) in [5, 5.41) is 6.94. The fourth-order valence-corrected chi connectivity index (χ4v) is 3.06. The lowest BCUT2D eigenvalue weighted by molar-refractivity contribution is 0.102. The number of carbonyl (C=O) groups excluding carboxylic acids is 1. The number of hydrogen-bond acceptors (Lipinski definition) is 7. The highest BCUT2D eigenvalue weighted by atomic mass is 16.5. The van der Waals surface area contributed by atoms with E-state index in [1.807, 2.05) is 36.4 Å². The molecule has 3 N–H and O–H groups in total. The van der Waals surface area contributed by atoms with Crippen LogP contribution >= 0.6 is 0 Å². The molecule has 4 aromatic rings. The monoisotopic (exact) mass is 401 g/mol. The minimum Gasteiger partial charge on any atom is -0.495 e. The van der Waals surface area contributed by atoms with E-state index in [0.717, 1.165) is 11.1 Å². The zero-order valence-electron chi connectivity index (χ0n) is 16.4. The number of nitrogen functional groups attached to an aromatic ring is 1. The molecule has 0 saturated heterocycles. The van der Waals surface area contributed by atoms with Crippen LogP contribution in [0, 0.1) is 6.92 Å². The van der Waals surface area contributed by atoms with Crippen molar-refractivity contribution >= 4 is 17.4 Å². The van der Waals surface area contributed by atoms with Gasteiger partial charge in [0.1, 0.15) is 28.6 Å². The molecule has 0 spiro atoms. The molecule has 0 aliphatic carbocycles. The van der Waals surface area contributed by atoms with Crippen LogP contribution in [0.1, 0.15) is 16.1 Å². The van der Waals surface area contributed by atoms with E-state index in [1.165, 1.54) is 13.3 Å². The van der Waals surface area contributed by atoms with Crippen LogP contribution in [0.25, 0.3) is 22.5 Å². The molecule has 8 nitrogen and oxygen atoms in total. The van der Waals surface area contributed by atoms with Gasteiger partial charge in [-0.2, -0.15) is 0 Å². The maximum atomic E-state index is 13.0. The Kier molecular flexibility index (Phi) is 5.13. The fraction of sp³-hybridized carbons (Fsp3) is 0.0909. The second-order valence-electron chi connectivity index (χ2n) is 6.52. The van der Waals surface area contributed by atoms with E-state index in [4.69, 9.17) is 15.0 Å². The van der Waals surface area contributed by atoms with Gasteiger partial charge in [0, 0.05) is 11.1 Å². The van der Waals surface area contributed by atoms with Crippen LogP contribution in [0.15, 0.2) is 65.4 Å². The molecule has 0 unspecified atom stereocenters. The van der Waals surface area contributed by atoms with Gasteiger partial charge in [-0.1, -0.05) is 41.6 Å². The van der Waals surface area contributed by atoms with Crippen LogP contribution in [-0.4, -0.2) is 28.1 Å². The number of benzene rings is 2. The highest BCUT2D eigenvalue weighted by Crippen LogP contribution is 2.32. The van der Waals surface area contributed by atoms with Crippen molar-refractivity contribution in [1.29, 1.82) is 0 Å². The van der Waals surface area contributed by atoms with Gasteiger partial charge in [-0.05, 0) is 19.1 Å². The van der Waals surface area contributed by atoms with Crippen molar-refractivity contribution in [3.63, 3.8) is 0 Å². The van der Waals surface area contributed by atoms with Crippen LogP contribution in [0.4, 0.5) is 11.5 Å². The van der Waals surface area contributed by atoms with Crippen molar-refractivity contribution < 1.29 is 14.1 Å². The molecule has 2 heterocycles.